The number of hydrogen-bond donors (Lipinski definition) is 5. The molecule has 2 saturated carbocycles. The lowest BCUT2D eigenvalue weighted by atomic mass is 9.84. The van der Waals surface area contributed by atoms with Crippen LogP contribution in [0.5, 0.6) is 0 Å². The number of ketones is 1. The summed E-state index contributed by atoms with van der Waals surface area (Å²) < 4.78 is 0. The van der Waals surface area contributed by atoms with Gasteiger partial charge in [-0.25, -0.2) is 0 Å². The highest BCUT2D eigenvalue weighted by molar-refractivity contribution is 6.04. The second-order valence-electron chi connectivity index (χ2n) is 16.3. The van der Waals surface area contributed by atoms with Crippen LogP contribution < -0.4 is 5.32 Å². The molecule has 0 radical (unpaired) electrons. The number of aliphatic carboxylic acids is 2. The van der Waals surface area contributed by atoms with E-state index >= 15 is 0 Å². The molecule has 2 aromatic heterocycles. The van der Waals surface area contributed by atoms with Crippen molar-refractivity contribution in [1.82, 2.24) is 9.97 Å². The minimum Gasteiger partial charge on any atom is -0.481 e. The maximum atomic E-state index is 13.7. The zero-order valence-corrected chi connectivity index (χ0v) is 32.5. The van der Waals surface area contributed by atoms with E-state index in [1.165, 1.54) is 13.8 Å². The molecule has 0 unspecified atom stereocenters. The van der Waals surface area contributed by atoms with Gasteiger partial charge in [0.25, 0.3) is 5.91 Å². The summed E-state index contributed by atoms with van der Waals surface area (Å²) in [6.45, 7) is 6.08. The van der Waals surface area contributed by atoms with Crippen molar-refractivity contribution in [3.05, 3.63) is 111 Å². The zero-order chi connectivity index (χ0) is 40.4. The van der Waals surface area contributed by atoms with E-state index in [9.17, 15) is 39.6 Å². The van der Waals surface area contributed by atoms with E-state index < -0.39 is 36.0 Å². The number of aliphatic hydroxyl groups excluding tert-OH is 2. The summed E-state index contributed by atoms with van der Waals surface area (Å²) in [6, 6.07) is 15.3. The minimum absolute atomic E-state index is 0.115. The number of carbonyl (C=O) groups is 4. The predicted octanol–water partition coefficient (Wildman–Crippen LogP) is 7.22. The SMILES string of the molecule is Cc1c(CC(=O)c2cc(C3CC3)c(CC[C@](C)(CO)C(=O)O)cn2)cccc1-c1cccc(NC(=O)c2cc(C3CC3)c(CC[C@](C)(CO)C(=O)O)cn2)c1C. The number of rotatable bonds is 18. The lowest BCUT2D eigenvalue weighted by molar-refractivity contribution is -0.151. The number of aliphatic hydroxyl groups is 2. The first-order valence-electron chi connectivity index (χ1n) is 19.4. The van der Waals surface area contributed by atoms with Crippen LogP contribution in [0.3, 0.4) is 0 Å². The topological polar surface area (TPSA) is 187 Å². The van der Waals surface area contributed by atoms with Gasteiger partial charge in [-0.2, -0.15) is 0 Å². The van der Waals surface area contributed by atoms with Crippen molar-refractivity contribution in [3.63, 3.8) is 0 Å². The van der Waals surface area contributed by atoms with Gasteiger partial charge in [0.1, 0.15) is 11.4 Å². The highest BCUT2D eigenvalue weighted by Gasteiger charge is 2.35. The molecule has 2 aromatic carbocycles. The Morgan fingerprint density at radius 2 is 1.18 bits per heavy atom. The van der Waals surface area contributed by atoms with Crippen molar-refractivity contribution in [2.24, 2.45) is 10.8 Å². The molecule has 2 aliphatic rings. The van der Waals surface area contributed by atoms with Gasteiger partial charge in [0.15, 0.2) is 5.78 Å². The van der Waals surface area contributed by atoms with Crippen molar-refractivity contribution in [2.45, 2.75) is 97.3 Å². The van der Waals surface area contributed by atoms with Gasteiger partial charge in [0.05, 0.1) is 24.0 Å². The van der Waals surface area contributed by atoms with E-state index in [4.69, 9.17) is 0 Å². The molecule has 1 amide bonds. The first kappa shape index (κ1) is 40.4. The van der Waals surface area contributed by atoms with E-state index in [2.05, 4.69) is 15.3 Å². The number of benzene rings is 2. The summed E-state index contributed by atoms with van der Waals surface area (Å²) in [7, 11) is 0. The monoisotopic (exact) mass is 761 g/mol. The molecule has 6 rings (SSSR count). The smallest absolute Gasteiger partial charge is 0.311 e. The number of carbonyl (C=O) groups excluding carboxylic acids is 2. The van der Waals surface area contributed by atoms with Crippen LogP contribution in [0.15, 0.2) is 60.9 Å². The van der Waals surface area contributed by atoms with E-state index in [1.807, 2.05) is 62.4 Å². The van der Waals surface area contributed by atoms with Gasteiger partial charge in [0, 0.05) is 24.5 Å². The van der Waals surface area contributed by atoms with E-state index in [1.54, 1.807) is 12.4 Å². The molecule has 4 aromatic rings. The molecule has 2 fully saturated rings. The average Bonchev–Trinajstić information content (AvgIpc) is 4.12. The summed E-state index contributed by atoms with van der Waals surface area (Å²) in [5.41, 5.74) is 7.13. The lowest BCUT2D eigenvalue weighted by Gasteiger charge is -2.22. The van der Waals surface area contributed by atoms with Crippen LogP contribution in [0.2, 0.25) is 0 Å². The van der Waals surface area contributed by atoms with Gasteiger partial charge in [-0.1, -0.05) is 30.3 Å². The molecule has 11 heteroatoms. The molecule has 11 nitrogen and oxygen atoms in total. The van der Waals surface area contributed by atoms with Crippen molar-refractivity contribution >= 4 is 29.3 Å². The molecule has 0 saturated heterocycles. The van der Waals surface area contributed by atoms with Gasteiger partial charge in [0.2, 0.25) is 0 Å². The first-order chi connectivity index (χ1) is 26.7. The van der Waals surface area contributed by atoms with Gasteiger partial charge in [-0.3, -0.25) is 29.1 Å². The Kier molecular flexibility index (Phi) is 11.9. The lowest BCUT2D eigenvalue weighted by Crippen LogP contribution is -2.32. The third kappa shape index (κ3) is 8.74. The molecule has 0 aliphatic heterocycles. The van der Waals surface area contributed by atoms with Gasteiger partial charge >= 0.3 is 11.9 Å². The summed E-state index contributed by atoms with van der Waals surface area (Å²) in [5.74, 6) is -1.94. The Balaban J connectivity index is 1.18. The van der Waals surface area contributed by atoms with E-state index in [-0.39, 0.29) is 36.6 Å². The van der Waals surface area contributed by atoms with Gasteiger partial charge in [-0.05, 0) is 159 Å². The number of aromatic nitrogens is 2. The van der Waals surface area contributed by atoms with Crippen molar-refractivity contribution in [2.75, 3.05) is 18.5 Å². The molecule has 2 heterocycles. The third-order valence-corrected chi connectivity index (χ3v) is 11.9. The highest BCUT2D eigenvalue weighted by atomic mass is 16.4. The normalized spacial score (nSPS) is 16.1. The van der Waals surface area contributed by atoms with Crippen LogP contribution in [0, 0.1) is 24.7 Å². The second-order valence-corrected chi connectivity index (χ2v) is 16.3. The number of nitrogens with one attached hydrogen (secondary N) is 1. The van der Waals surface area contributed by atoms with Gasteiger partial charge in [-0.15, -0.1) is 0 Å². The fraction of sp³-hybridized carbons (Fsp3) is 0.422. The number of carboxylic acid groups (broad SMARTS) is 2. The molecule has 294 valence electrons. The standard InChI is InChI=1S/C45H51N3O8/c1-26-30(19-40(51)38-20-35(28-11-12-28)31(22-46-38)15-17-44(3,24-49)42(53)54)7-5-8-33(26)34-9-6-10-37(27(34)2)48-41(52)39-21-36(29-13-14-29)32(23-47-39)16-18-45(4,25-50)43(55)56/h5-10,20-23,28-29,49-50H,11-19,24-25H2,1-4H3,(H,48,52)(H,53,54)(H,55,56)/t44-,45-/m1/s1. The number of amides is 1. The minimum atomic E-state index is -1.26. The van der Waals surface area contributed by atoms with Crippen LogP contribution in [0.25, 0.3) is 11.1 Å². The predicted molar refractivity (Wildman–Crippen MR) is 212 cm³/mol. The molecule has 0 bridgehead atoms. The summed E-state index contributed by atoms with van der Waals surface area (Å²) in [4.78, 5) is 59.8. The number of nitrogens with zero attached hydrogens (tertiary/aromatic N) is 2. The molecule has 2 atom stereocenters. The van der Waals surface area contributed by atoms with Crippen molar-refractivity contribution in [3.8, 4) is 11.1 Å². The molecule has 0 spiro atoms. The maximum Gasteiger partial charge on any atom is 0.311 e. The number of carboxylic acids is 2. The zero-order valence-electron chi connectivity index (χ0n) is 32.5. The molecular weight excluding hydrogens is 711 g/mol. The average molecular weight is 762 g/mol. The number of hydrogen-bond acceptors (Lipinski definition) is 8. The number of pyridine rings is 2. The van der Waals surface area contributed by atoms with Crippen LogP contribution in [-0.4, -0.2) is 67.2 Å². The van der Waals surface area contributed by atoms with Crippen LogP contribution in [-0.2, 0) is 28.9 Å². The Hall–Kier alpha value is -5.26. The van der Waals surface area contributed by atoms with Crippen molar-refractivity contribution in [1.29, 1.82) is 0 Å². The van der Waals surface area contributed by atoms with Crippen LogP contribution in [0.4, 0.5) is 5.69 Å². The van der Waals surface area contributed by atoms with E-state index in [0.29, 0.717) is 36.1 Å². The van der Waals surface area contributed by atoms with Crippen LogP contribution in [0.1, 0.15) is 124 Å². The van der Waals surface area contributed by atoms with Gasteiger partial charge < -0.3 is 25.7 Å². The maximum absolute atomic E-state index is 13.7. The molecule has 56 heavy (non-hydrogen) atoms. The van der Waals surface area contributed by atoms with E-state index in [0.717, 1.165) is 75.8 Å². The Morgan fingerprint density at radius 1 is 0.696 bits per heavy atom. The highest BCUT2D eigenvalue weighted by Crippen LogP contribution is 2.44. The quantitative estimate of drug-likeness (QED) is 0.0648. The molecule has 2 aliphatic carbocycles. The Labute approximate surface area is 327 Å². The Morgan fingerprint density at radius 3 is 1.68 bits per heavy atom. The van der Waals surface area contributed by atoms with Crippen molar-refractivity contribution < 1.29 is 39.6 Å². The van der Waals surface area contributed by atoms with Crippen LogP contribution >= 0.6 is 0 Å². The largest absolute Gasteiger partial charge is 0.481 e. The number of aryl methyl sites for hydroxylation is 2. The summed E-state index contributed by atoms with van der Waals surface area (Å²) in [6.07, 6.45) is 8.89. The second kappa shape index (κ2) is 16.5. The fourth-order valence-electron chi connectivity index (χ4n) is 7.25. The number of anilines is 1. The fourth-order valence-corrected chi connectivity index (χ4v) is 7.25. The Bertz CT molecular complexity index is 2020. The first-order valence-corrected chi connectivity index (χ1v) is 19.4. The third-order valence-electron chi connectivity index (χ3n) is 11.9. The summed E-state index contributed by atoms with van der Waals surface area (Å²) in [5, 5.41) is 41.7. The molecular formula is C45H51N3O8. The molecule has 5 N–H and O–H groups in total. The summed E-state index contributed by atoms with van der Waals surface area (Å²) >= 11 is 0. The number of Topliss-reactive ketones (excluding diaryl/α,β-unsaturated/α-hetero) is 1.